The van der Waals surface area contributed by atoms with Gasteiger partial charge in [0.2, 0.25) is 5.95 Å². The van der Waals surface area contributed by atoms with Gasteiger partial charge in [-0.2, -0.15) is 0 Å². The molecule has 1 aromatic heterocycles. The highest BCUT2D eigenvalue weighted by Gasteiger charge is 2.19. The largest absolute Gasteiger partial charge is 0.341 e. The molecule has 1 N–H and O–H groups in total. The van der Waals surface area contributed by atoms with E-state index in [4.69, 9.17) is 0 Å². The van der Waals surface area contributed by atoms with E-state index >= 15 is 0 Å². The number of piperidine rings is 1. The maximum Gasteiger partial charge on any atom is 0.274 e. The number of anilines is 2. The second-order valence-corrected chi connectivity index (χ2v) is 5.99. The molecule has 24 heavy (non-hydrogen) atoms. The predicted molar refractivity (Wildman–Crippen MR) is 87.0 cm³/mol. The molecule has 0 saturated carbocycles. The number of carbonyl (C=O) groups is 1. The Morgan fingerprint density at radius 3 is 2.71 bits per heavy atom. The van der Waals surface area contributed by atoms with E-state index in [9.17, 15) is 13.6 Å². The summed E-state index contributed by atoms with van der Waals surface area (Å²) in [7, 11) is 0. The Labute approximate surface area is 138 Å². The predicted octanol–water partition coefficient (Wildman–Crippen LogP) is 3.24. The number of rotatable bonds is 3. The molecule has 7 heteroatoms. The molecule has 1 aromatic carbocycles. The van der Waals surface area contributed by atoms with Crippen LogP contribution in [-0.2, 0) is 0 Å². The summed E-state index contributed by atoms with van der Waals surface area (Å²) in [6, 6.07) is 4.44. The fourth-order valence-corrected chi connectivity index (χ4v) is 2.61. The van der Waals surface area contributed by atoms with E-state index in [1.54, 1.807) is 0 Å². The summed E-state index contributed by atoms with van der Waals surface area (Å²) in [4.78, 5) is 22.8. The minimum Gasteiger partial charge on any atom is -0.341 e. The fourth-order valence-electron chi connectivity index (χ4n) is 2.61. The van der Waals surface area contributed by atoms with Crippen molar-refractivity contribution >= 4 is 17.5 Å². The molecule has 126 valence electrons. The van der Waals surface area contributed by atoms with Crippen molar-refractivity contribution in [1.82, 2.24) is 9.97 Å². The summed E-state index contributed by atoms with van der Waals surface area (Å²) >= 11 is 0. The SMILES string of the molecule is CC1CCN(c2nccc(C(=O)Nc3ccc(F)cc3F)n2)CC1. The van der Waals surface area contributed by atoms with Crippen LogP contribution in [-0.4, -0.2) is 29.0 Å². The molecular formula is C17H18F2N4O. The number of hydrogen-bond donors (Lipinski definition) is 1. The first-order chi connectivity index (χ1) is 11.5. The first-order valence-corrected chi connectivity index (χ1v) is 7.87. The second-order valence-electron chi connectivity index (χ2n) is 5.99. The van der Waals surface area contributed by atoms with Gasteiger partial charge in [-0.25, -0.2) is 18.7 Å². The average Bonchev–Trinajstić information content (AvgIpc) is 2.58. The Morgan fingerprint density at radius 2 is 2.00 bits per heavy atom. The Balaban J connectivity index is 1.74. The van der Waals surface area contributed by atoms with Crippen molar-refractivity contribution in [3.8, 4) is 0 Å². The van der Waals surface area contributed by atoms with Crippen molar-refractivity contribution in [3.63, 3.8) is 0 Å². The van der Waals surface area contributed by atoms with E-state index in [1.807, 2.05) is 4.90 Å². The molecule has 1 amide bonds. The number of nitrogens with one attached hydrogen (secondary N) is 1. The van der Waals surface area contributed by atoms with Gasteiger partial charge in [0.1, 0.15) is 17.3 Å². The zero-order chi connectivity index (χ0) is 17.1. The monoisotopic (exact) mass is 332 g/mol. The molecule has 0 radical (unpaired) electrons. The van der Waals surface area contributed by atoms with Gasteiger partial charge in [0.15, 0.2) is 0 Å². The molecule has 0 unspecified atom stereocenters. The molecule has 0 aliphatic carbocycles. The Bertz CT molecular complexity index is 745. The molecule has 1 saturated heterocycles. The lowest BCUT2D eigenvalue weighted by atomic mass is 10.00. The van der Waals surface area contributed by atoms with Gasteiger partial charge in [-0.1, -0.05) is 6.92 Å². The van der Waals surface area contributed by atoms with E-state index in [0.717, 1.165) is 38.1 Å². The van der Waals surface area contributed by atoms with Gasteiger partial charge in [0, 0.05) is 25.4 Å². The standard InChI is InChI=1S/C17H18F2N4O/c1-11-5-8-23(9-6-11)17-20-7-4-15(22-17)16(24)21-14-3-2-12(18)10-13(14)19/h2-4,7,10-11H,5-6,8-9H2,1H3,(H,21,24). The van der Waals surface area contributed by atoms with Crippen LogP contribution in [0.1, 0.15) is 30.3 Å². The van der Waals surface area contributed by atoms with Crippen molar-refractivity contribution in [3.05, 3.63) is 47.8 Å². The van der Waals surface area contributed by atoms with Crippen LogP contribution >= 0.6 is 0 Å². The van der Waals surface area contributed by atoms with Gasteiger partial charge in [0.05, 0.1) is 5.69 Å². The quantitative estimate of drug-likeness (QED) is 0.937. The number of amides is 1. The molecule has 5 nitrogen and oxygen atoms in total. The lowest BCUT2D eigenvalue weighted by Crippen LogP contribution is -2.34. The molecule has 2 heterocycles. The van der Waals surface area contributed by atoms with Crippen LogP contribution < -0.4 is 10.2 Å². The first kappa shape index (κ1) is 16.3. The minimum absolute atomic E-state index is 0.0895. The molecule has 1 fully saturated rings. The van der Waals surface area contributed by atoms with Crippen LogP contribution in [0.3, 0.4) is 0 Å². The molecule has 1 aliphatic heterocycles. The third-order valence-electron chi connectivity index (χ3n) is 4.12. The lowest BCUT2D eigenvalue weighted by Gasteiger charge is -2.30. The van der Waals surface area contributed by atoms with Gasteiger partial charge in [-0.05, 0) is 37.0 Å². The van der Waals surface area contributed by atoms with Crippen molar-refractivity contribution < 1.29 is 13.6 Å². The van der Waals surface area contributed by atoms with Gasteiger partial charge in [-0.15, -0.1) is 0 Å². The summed E-state index contributed by atoms with van der Waals surface area (Å²) in [5, 5.41) is 2.40. The third kappa shape index (κ3) is 3.67. The maximum atomic E-state index is 13.6. The van der Waals surface area contributed by atoms with Crippen LogP contribution in [0.25, 0.3) is 0 Å². The number of aromatic nitrogens is 2. The number of hydrogen-bond acceptors (Lipinski definition) is 4. The van der Waals surface area contributed by atoms with Gasteiger partial charge in [-0.3, -0.25) is 4.79 Å². The Kier molecular flexibility index (Phi) is 4.69. The zero-order valence-corrected chi connectivity index (χ0v) is 13.3. The number of nitrogens with zero attached hydrogens (tertiary/aromatic N) is 3. The maximum absolute atomic E-state index is 13.6. The van der Waals surface area contributed by atoms with Crippen molar-refractivity contribution in [1.29, 1.82) is 0 Å². The van der Waals surface area contributed by atoms with Crippen LogP contribution in [0.5, 0.6) is 0 Å². The molecule has 0 bridgehead atoms. The van der Waals surface area contributed by atoms with Gasteiger partial charge < -0.3 is 10.2 Å². The summed E-state index contributed by atoms with van der Waals surface area (Å²) in [6.45, 7) is 3.90. The van der Waals surface area contributed by atoms with E-state index in [2.05, 4.69) is 22.2 Å². The van der Waals surface area contributed by atoms with Crippen molar-refractivity contribution in [2.45, 2.75) is 19.8 Å². The second kappa shape index (κ2) is 6.90. The van der Waals surface area contributed by atoms with E-state index in [0.29, 0.717) is 11.9 Å². The minimum atomic E-state index is -0.831. The van der Waals surface area contributed by atoms with Crippen molar-refractivity contribution in [2.75, 3.05) is 23.3 Å². The van der Waals surface area contributed by atoms with E-state index in [-0.39, 0.29) is 11.4 Å². The zero-order valence-electron chi connectivity index (χ0n) is 13.3. The number of carbonyl (C=O) groups excluding carboxylic acids is 1. The first-order valence-electron chi connectivity index (χ1n) is 7.87. The highest BCUT2D eigenvalue weighted by atomic mass is 19.1. The highest BCUT2D eigenvalue weighted by Crippen LogP contribution is 2.20. The van der Waals surface area contributed by atoms with Crippen LogP contribution in [0.15, 0.2) is 30.5 Å². The van der Waals surface area contributed by atoms with Crippen LogP contribution in [0, 0.1) is 17.6 Å². The topological polar surface area (TPSA) is 58.1 Å². The molecule has 1 aliphatic rings. The van der Waals surface area contributed by atoms with Gasteiger partial charge in [0.25, 0.3) is 5.91 Å². The summed E-state index contributed by atoms with van der Waals surface area (Å²) in [6.07, 6.45) is 3.62. The molecule has 3 rings (SSSR count). The van der Waals surface area contributed by atoms with E-state index in [1.165, 1.54) is 18.3 Å². The fraction of sp³-hybridized carbons (Fsp3) is 0.353. The molecular weight excluding hydrogens is 314 g/mol. The molecule has 2 aromatic rings. The number of benzene rings is 1. The van der Waals surface area contributed by atoms with E-state index < -0.39 is 17.5 Å². The Morgan fingerprint density at radius 1 is 1.25 bits per heavy atom. The highest BCUT2D eigenvalue weighted by molar-refractivity contribution is 6.03. The van der Waals surface area contributed by atoms with Gasteiger partial charge >= 0.3 is 0 Å². The smallest absolute Gasteiger partial charge is 0.274 e. The van der Waals surface area contributed by atoms with Crippen LogP contribution in [0.4, 0.5) is 20.4 Å². The Hall–Kier alpha value is -2.57. The number of halogens is 2. The summed E-state index contributed by atoms with van der Waals surface area (Å²) in [5.74, 6) is -0.922. The summed E-state index contributed by atoms with van der Waals surface area (Å²) in [5.41, 5.74) is 0.0516. The molecule has 0 atom stereocenters. The lowest BCUT2D eigenvalue weighted by molar-refractivity contribution is 0.102. The average molecular weight is 332 g/mol. The third-order valence-corrected chi connectivity index (χ3v) is 4.12. The normalized spacial score (nSPS) is 15.4. The van der Waals surface area contributed by atoms with Crippen LogP contribution in [0.2, 0.25) is 0 Å². The summed E-state index contributed by atoms with van der Waals surface area (Å²) < 4.78 is 26.6. The molecule has 0 spiro atoms. The van der Waals surface area contributed by atoms with Crippen molar-refractivity contribution in [2.24, 2.45) is 5.92 Å².